The van der Waals surface area contributed by atoms with Gasteiger partial charge in [-0.3, -0.25) is 0 Å². The van der Waals surface area contributed by atoms with Crippen molar-refractivity contribution in [2.45, 2.75) is 26.2 Å². The Morgan fingerprint density at radius 3 is 2.89 bits per heavy atom. The molecule has 1 rings (SSSR count). The fourth-order valence-electron chi connectivity index (χ4n) is 0.774. The summed E-state index contributed by atoms with van der Waals surface area (Å²) in [6, 6.07) is 0. The molecule has 0 aromatic rings. The highest BCUT2D eigenvalue weighted by atomic mass is 16.6. The van der Waals surface area contributed by atoms with Gasteiger partial charge in [-0.1, -0.05) is 19.9 Å². The molecule has 0 unspecified atom stereocenters. The highest BCUT2D eigenvalue weighted by Crippen LogP contribution is 2.30. The molecule has 1 heteroatoms. The van der Waals surface area contributed by atoms with Gasteiger partial charge in [0.25, 0.3) is 0 Å². The van der Waals surface area contributed by atoms with Gasteiger partial charge >= 0.3 is 0 Å². The Hall–Kier alpha value is -0.720. The first-order chi connectivity index (χ1) is 4.38. The lowest BCUT2D eigenvalue weighted by Gasteiger charge is -1.83. The summed E-state index contributed by atoms with van der Waals surface area (Å²) in [5, 5.41) is 0. The summed E-state index contributed by atoms with van der Waals surface area (Å²) in [7, 11) is 0. The molecule has 0 radical (unpaired) electrons. The predicted octanol–water partition coefficient (Wildman–Crippen LogP) is 2.60. The number of ether oxygens (including phenoxy) is 1. The number of rotatable bonds is 4. The molecule has 0 atom stereocenters. The van der Waals surface area contributed by atoms with Crippen LogP contribution in [0.25, 0.3) is 0 Å². The van der Waals surface area contributed by atoms with Gasteiger partial charge in [-0.2, -0.15) is 0 Å². The summed E-state index contributed by atoms with van der Waals surface area (Å²) >= 11 is 0. The second kappa shape index (κ2) is 2.72. The van der Waals surface area contributed by atoms with Gasteiger partial charge in [0, 0.05) is 6.42 Å². The second-order valence-electron chi connectivity index (χ2n) is 2.20. The van der Waals surface area contributed by atoms with Crippen molar-refractivity contribution in [1.82, 2.24) is 0 Å². The third-order valence-electron chi connectivity index (χ3n) is 1.41. The zero-order valence-electron chi connectivity index (χ0n) is 5.81. The highest BCUT2D eigenvalue weighted by molar-refractivity contribution is 5.27. The number of hydrogen-bond donors (Lipinski definition) is 0. The van der Waals surface area contributed by atoms with Crippen LogP contribution in [0.4, 0.5) is 0 Å². The van der Waals surface area contributed by atoms with Crippen LogP contribution in [0.15, 0.2) is 24.2 Å². The molecule has 1 nitrogen and oxygen atoms in total. The molecule has 9 heavy (non-hydrogen) atoms. The smallest absolute Gasteiger partial charge is 0.164 e. The Morgan fingerprint density at radius 2 is 2.44 bits per heavy atom. The van der Waals surface area contributed by atoms with Gasteiger partial charge in [0.2, 0.25) is 0 Å². The van der Waals surface area contributed by atoms with E-state index in [0.717, 1.165) is 17.9 Å². The van der Waals surface area contributed by atoms with E-state index in [-0.39, 0.29) is 0 Å². The van der Waals surface area contributed by atoms with Gasteiger partial charge in [0.05, 0.1) is 0 Å². The van der Waals surface area contributed by atoms with Crippen LogP contribution in [0.3, 0.4) is 0 Å². The maximum Gasteiger partial charge on any atom is 0.164 e. The molecule has 50 valence electrons. The van der Waals surface area contributed by atoms with Crippen molar-refractivity contribution in [3.63, 3.8) is 0 Å². The Morgan fingerprint density at radius 1 is 1.67 bits per heavy atom. The number of allylic oxidation sites excluding steroid dienone is 2. The summed E-state index contributed by atoms with van der Waals surface area (Å²) in [5.41, 5.74) is 0. The highest BCUT2D eigenvalue weighted by Gasteiger charge is 2.19. The van der Waals surface area contributed by atoms with Gasteiger partial charge in [-0.25, -0.2) is 0 Å². The van der Waals surface area contributed by atoms with Crippen molar-refractivity contribution >= 4 is 0 Å². The molecule has 0 fully saturated rings. The van der Waals surface area contributed by atoms with Crippen LogP contribution >= 0.6 is 0 Å². The van der Waals surface area contributed by atoms with Gasteiger partial charge in [-0.15, -0.1) is 0 Å². The van der Waals surface area contributed by atoms with Crippen LogP contribution in [-0.2, 0) is 4.74 Å². The lowest BCUT2D eigenvalue weighted by Crippen LogP contribution is -1.67. The van der Waals surface area contributed by atoms with Crippen LogP contribution in [0.2, 0.25) is 0 Å². The zero-order chi connectivity index (χ0) is 6.69. The Balaban J connectivity index is 2.16. The van der Waals surface area contributed by atoms with E-state index in [2.05, 4.69) is 13.5 Å². The van der Waals surface area contributed by atoms with Crippen LogP contribution in [0.5, 0.6) is 0 Å². The molecule has 0 saturated heterocycles. The van der Waals surface area contributed by atoms with E-state index in [1.807, 2.05) is 0 Å². The van der Waals surface area contributed by atoms with Crippen molar-refractivity contribution in [1.29, 1.82) is 0 Å². The quantitative estimate of drug-likeness (QED) is 0.561. The van der Waals surface area contributed by atoms with E-state index in [0.29, 0.717) is 0 Å². The van der Waals surface area contributed by atoms with E-state index in [4.69, 9.17) is 4.74 Å². The molecule has 0 bridgehead atoms. The molecule has 0 aromatic heterocycles. The molecule has 1 heterocycles. The minimum atomic E-state index is 1.00. The van der Waals surface area contributed by atoms with Gasteiger partial charge in [0.1, 0.15) is 5.76 Å². The minimum absolute atomic E-state index is 1.00. The SMILES string of the molecule is C=CC1=C(CCCC)O1. The summed E-state index contributed by atoms with van der Waals surface area (Å²) in [6.45, 7) is 5.78. The third kappa shape index (κ3) is 1.60. The lowest BCUT2D eigenvalue weighted by atomic mass is 10.2. The fraction of sp³-hybridized carbons (Fsp3) is 0.500. The topological polar surface area (TPSA) is 12.5 Å². The Kier molecular flexibility index (Phi) is 1.93. The Labute approximate surface area is 56.0 Å². The second-order valence-corrected chi connectivity index (χ2v) is 2.20. The summed E-state index contributed by atoms with van der Waals surface area (Å²) in [4.78, 5) is 0. The standard InChI is InChI=1S/C8H12O/c1-3-5-6-8-7(4-2)9-8/h4H,2-3,5-6H2,1H3. The van der Waals surface area contributed by atoms with Crippen molar-refractivity contribution in [3.05, 3.63) is 24.2 Å². The summed E-state index contributed by atoms with van der Waals surface area (Å²) in [6.07, 6.45) is 5.33. The normalized spacial score (nSPS) is 15.2. The first-order valence-corrected chi connectivity index (χ1v) is 3.42. The average molecular weight is 124 g/mol. The van der Waals surface area contributed by atoms with Crippen molar-refractivity contribution < 1.29 is 4.74 Å². The first kappa shape index (κ1) is 6.40. The van der Waals surface area contributed by atoms with E-state index in [1.165, 1.54) is 12.8 Å². The van der Waals surface area contributed by atoms with Crippen molar-refractivity contribution in [2.24, 2.45) is 0 Å². The van der Waals surface area contributed by atoms with Gasteiger partial charge in [0.15, 0.2) is 5.76 Å². The van der Waals surface area contributed by atoms with Crippen molar-refractivity contribution in [3.8, 4) is 0 Å². The van der Waals surface area contributed by atoms with E-state index >= 15 is 0 Å². The van der Waals surface area contributed by atoms with Crippen LogP contribution in [0, 0.1) is 0 Å². The average Bonchev–Trinajstić information content (AvgIpc) is 2.62. The summed E-state index contributed by atoms with van der Waals surface area (Å²) < 4.78 is 5.08. The van der Waals surface area contributed by atoms with Gasteiger partial charge < -0.3 is 4.74 Å². The van der Waals surface area contributed by atoms with Gasteiger partial charge in [-0.05, 0) is 12.5 Å². The Bertz CT molecular complexity index is 145. The molecule has 0 spiro atoms. The van der Waals surface area contributed by atoms with Crippen LogP contribution in [0.1, 0.15) is 26.2 Å². The molecular formula is C8H12O. The van der Waals surface area contributed by atoms with Crippen LogP contribution in [-0.4, -0.2) is 0 Å². The predicted molar refractivity (Wildman–Crippen MR) is 37.8 cm³/mol. The number of unbranched alkanes of at least 4 members (excludes halogenated alkanes) is 1. The monoisotopic (exact) mass is 124 g/mol. The molecule has 0 N–H and O–H groups in total. The largest absolute Gasteiger partial charge is 0.454 e. The maximum absolute atomic E-state index is 5.08. The molecule has 0 aromatic carbocycles. The van der Waals surface area contributed by atoms with Crippen LogP contribution < -0.4 is 0 Å². The molecule has 0 amide bonds. The van der Waals surface area contributed by atoms with E-state index < -0.39 is 0 Å². The van der Waals surface area contributed by atoms with E-state index in [1.54, 1.807) is 6.08 Å². The molecule has 1 aliphatic heterocycles. The fourth-order valence-corrected chi connectivity index (χ4v) is 0.774. The number of hydrogen-bond acceptors (Lipinski definition) is 1. The third-order valence-corrected chi connectivity index (χ3v) is 1.41. The molecule has 0 aliphatic carbocycles. The minimum Gasteiger partial charge on any atom is -0.454 e. The molecule has 0 saturated carbocycles. The first-order valence-electron chi connectivity index (χ1n) is 3.42. The maximum atomic E-state index is 5.08. The summed E-state index contributed by atoms with van der Waals surface area (Å²) in [5.74, 6) is 2.15. The zero-order valence-corrected chi connectivity index (χ0v) is 5.81. The van der Waals surface area contributed by atoms with E-state index in [9.17, 15) is 0 Å². The lowest BCUT2D eigenvalue weighted by molar-refractivity contribution is 0.459. The van der Waals surface area contributed by atoms with Crippen molar-refractivity contribution in [2.75, 3.05) is 0 Å². The molecule has 1 aliphatic rings. The molecular weight excluding hydrogens is 112 g/mol.